The summed E-state index contributed by atoms with van der Waals surface area (Å²) in [6.45, 7) is -0.0403. The molecule has 0 aromatic heterocycles. The van der Waals surface area contributed by atoms with Gasteiger partial charge in [-0.25, -0.2) is 0 Å². The molecule has 4 heteroatoms. The maximum absolute atomic E-state index is 9.52. The largest absolute Gasteiger partial charge is 0.394 e. The van der Waals surface area contributed by atoms with Gasteiger partial charge < -0.3 is 10.4 Å². The molecule has 0 amide bonds. The van der Waals surface area contributed by atoms with Crippen LogP contribution in [0.5, 0.6) is 0 Å². The zero-order valence-corrected chi connectivity index (χ0v) is 11.8. The molecule has 0 radical (unpaired) electrons. The Morgan fingerprint density at radius 2 is 1.89 bits per heavy atom. The lowest BCUT2D eigenvalue weighted by Gasteiger charge is -2.19. The van der Waals surface area contributed by atoms with Gasteiger partial charge >= 0.3 is 0 Å². The number of aliphatic hydroxyl groups is 1. The molecule has 0 spiro atoms. The summed E-state index contributed by atoms with van der Waals surface area (Å²) in [5.74, 6) is 0. The van der Waals surface area contributed by atoms with E-state index >= 15 is 0 Å². The van der Waals surface area contributed by atoms with Crippen molar-refractivity contribution in [3.63, 3.8) is 0 Å². The Kier molecular flexibility index (Phi) is 4.56. The fraction of sp³-hybridized carbons (Fsp3) is 0.133. The average Bonchev–Trinajstić information content (AvgIpc) is 2.46. The number of nitrogens with one attached hydrogen (secondary N) is 1. The van der Waals surface area contributed by atoms with Gasteiger partial charge in [-0.15, -0.1) is 0 Å². The van der Waals surface area contributed by atoms with Crippen LogP contribution in [0.4, 0.5) is 5.69 Å². The van der Waals surface area contributed by atoms with Crippen LogP contribution in [0.1, 0.15) is 17.2 Å². The first-order valence-corrected chi connectivity index (χ1v) is 6.66. The Morgan fingerprint density at radius 1 is 1.16 bits per heavy atom. The minimum absolute atomic E-state index is 0.0403. The van der Waals surface area contributed by atoms with Gasteiger partial charge in [0.25, 0.3) is 0 Å². The Labute approximate surface area is 120 Å². The Hall–Kier alpha value is -1.83. The normalized spacial score (nSPS) is 11.6. The van der Waals surface area contributed by atoms with E-state index in [1.165, 1.54) is 0 Å². The molecule has 0 aliphatic carbocycles. The van der Waals surface area contributed by atoms with Gasteiger partial charge in [0.2, 0.25) is 0 Å². The molecule has 1 unspecified atom stereocenters. The summed E-state index contributed by atoms with van der Waals surface area (Å²) in [6, 6.07) is 17.1. The van der Waals surface area contributed by atoms with Gasteiger partial charge in [-0.1, -0.05) is 36.4 Å². The van der Waals surface area contributed by atoms with Crippen molar-refractivity contribution in [3.8, 4) is 6.07 Å². The molecule has 3 nitrogen and oxygen atoms in total. The zero-order chi connectivity index (χ0) is 13.7. The van der Waals surface area contributed by atoms with E-state index < -0.39 is 0 Å². The molecule has 96 valence electrons. The van der Waals surface area contributed by atoms with Gasteiger partial charge in [-0.3, -0.25) is 0 Å². The van der Waals surface area contributed by atoms with Gasteiger partial charge in [-0.2, -0.15) is 5.26 Å². The van der Waals surface area contributed by atoms with Crippen LogP contribution in [-0.4, -0.2) is 11.7 Å². The quantitative estimate of drug-likeness (QED) is 0.908. The van der Waals surface area contributed by atoms with Crippen LogP contribution in [0.15, 0.2) is 53.0 Å². The van der Waals surface area contributed by atoms with Gasteiger partial charge in [0.05, 0.1) is 23.9 Å². The molecule has 2 aromatic carbocycles. The number of aliphatic hydroxyl groups excluding tert-OH is 1. The second-order valence-corrected chi connectivity index (χ2v) is 4.92. The van der Waals surface area contributed by atoms with Crippen molar-refractivity contribution >= 4 is 21.6 Å². The minimum Gasteiger partial charge on any atom is -0.394 e. The summed E-state index contributed by atoms with van der Waals surface area (Å²) >= 11 is 3.35. The van der Waals surface area contributed by atoms with Crippen molar-refractivity contribution in [2.45, 2.75) is 6.04 Å². The Balaban J connectivity index is 2.30. The molecule has 19 heavy (non-hydrogen) atoms. The topological polar surface area (TPSA) is 56.0 Å². The van der Waals surface area contributed by atoms with Crippen LogP contribution in [0, 0.1) is 11.3 Å². The van der Waals surface area contributed by atoms with E-state index in [1.807, 2.05) is 48.5 Å². The third-order valence-corrected chi connectivity index (χ3v) is 3.50. The summed E-state index contributed by atoms with van der Waals surface area (Å²) in [4.78, 5) is 0. The van der Waals surface area contributed by atoms with Crippen LogP contribution in [0.25, 0.3) is 0 Å². The summed E-state index contributed by atoms with van der Waals surface area (Å²) in [6.07, 6.45) is 0. The van der Waals surface area contributed by atoms with E-state index in [4.69, 9.17) is 0 Å². The van der Waals surface area contributed by atoms with E-state index in [2.05, 4.69) is 27.3 Å². The van der Waals surface area contributed by atoms with E-state index in [1.54, 1.807) is 0 Å². The average molecular weight is 317 g/mol. The summed E-state index contributed by atoms with van der Waals surface area (Å²) < 4.78 is 0.741. The number of halogens is 1. The highest BCUT2D eigenvalue weighted by Gasteiger charge is 2.13. The lowest BCUT2D eigenvalue weighted by molar-refractivity contribution is 0.276. The molecule has 0 aliphatic heterocycles. The first kappa shape index (κ1) is 13.6. The molecule has 2 N–H and O–H groups in total. The number of rotatable bonds is 4. The highest BCUT2D eigenvalue weighted by molar-refractivity contribution is 9.10. The molecule has 2 rings (SSSR count). The highest BCUT2D eigenvalue weighted by atomic mass is 79.9. The van der Waals surface area contributed by atoms with Gasteiger partial charge in [0.15, 0.2) is 0 Å². The molecule has 0 aliphatic rings. The first-order chi connectivity index (χ1) is 9.26. The number of nitriles is 1. The third kappa shape index (κ3) is 3.14. The van der Waals surface area contributed by atoms with Crippen molar-refractivity contribution in [1.82, 2.24) is 0 Å². The summed E-state index contributed by atoms with van der Waals surface area (Å²) in [5, 5.41) is 21.9. The lowest BCUT2D eigenvalue weighted by atomic mass is 10.1. The maximum Gasteiger partial charge on any atom is 0.103 e. The number of anilines is 1. The number of hydrogen-bond donors (Lipinski definition) is 2. The first-order valence-electron chi connectivity index (χ1n) is 5.87. The molecule has 0 saturated carbocycles. The Morgan fingerprint density at radius 3 is 2.53 bits per heavy atom. The molecule has 0 fully saturated rings. The van der Waals surface area contributed by atoms with E-state index in [0.717, 1.165) is 10.0 Å². The van der Waals surface area contributed by atoms with Crippen molar-refractivity contribution in [1.29, 1.82) is 5.26 Å². The zero-order valence-electron chi connectivity index (χ0n) is 10.2. The van der Waals surface area contributed by atoms with Crippen LogP contribution in [-0.2, 0) is 0 Å². The summed E-state index contributed by atoms with van der Waals surface area (Å²) in [7, 11) is 0. The van der Waals surface area contributed by atoms with Crippen molar-refractivity contribution in [2.75, 3.05) is 11.9 Å². The van der Waals surface area contributed by atoms with Gasteiger partial charge in [-0.05, 0) is 33.6 Å². The second kappa shape index (κ2) is 6.37. The predicted octanol–water partition coefficient (Wildman–Crippen LogP) is 3.47. The van der Waals surface area contributed by atoms with E-state index in [0.29, 0.717) is 11.3 Å². The maximum atomic E-state index is 9.52. The third-order valence-electron chi connectivity index (χ3n) is 2.84. The minimum atomic E-state index is -0.234. The molecule has 1 atom stereocenters. The standard InChI is InChI=1S/C15H13BrN2O/c16-13-7-4-8-14(12(13)9-17)18-15(10-19)11-5-2-1-3-6-11/h1-8,15,18-19H,10H2. The second-order valence-electron chi connectivity index (χ2n) is 4.06. The van der Waals surface area contributed by atoms with E-state index in [9.17, 15) is 10.4 Å². The lowest BCUT2D eigenvalue weighted by Crippen LogP contribution is -2.15. The highest BCUT2D eigenvalue weighted by Crippen LogP contribution is 2.27. The van der Waals surface area contributed by atoms with Crippen molar-refractivity contribution in [3.05, 3.63) is 64.1 Å². The number of hydrogen-bond acceptors (Lipinski definition) is 3. The van der Waals surface area contributed by atoms with E-state index in [-0.39, 0.29) is 12.6 Å². The predicted molar refractivity (Wildman–Crippen MR) is 78.7 cm³/mol. The van der Waals surface area contributed by atoms with Crippen molar-refractivity contribution in [2.24, 2.45) is 0 Å². The molecule has 0 heterocycles. The fourth-order valence-electron chi connectivity index (χ4n) is 1.87. The van der Waals surface area contributed by atoms with Crippen LogP contribution in [0.2, 0.25) is 0 Å². The smallest absolute Gasteiger partial charge is 0.103 e. The molecule has 2 aromatic rings. The molecular formula is C15H13BrN2O. The van der Waals surface area contributed by atoms with Gasteiger partial charge in [0, 0.05) is 4.47 Å². The SMILES string of the molecule is N#Cc1c(Br)cccc1NC(CO)c1ccccc1. The fourth-order valence-corrected chi connectivity index (χ4v) is 2.32. The van der Waals surface area contributed by atoms with Gasteiger partial charge in [0.1, 0.15) is 6.07 Å². The summed E-state index contributed by atoms with van der Waals surface area (Å²) in [5.41, 5.74) is 2.23. The molecule has 0 bridgehead atoms. The van der Waals surface area contributed by atoms with Crippen LogP contribution in [0.3, 0.4) is 0 Å². The molecular weight excluding hydrogens is 304 g/mol. The molecule has 0 saturated heterocycles. The van der Waals surface area contributed by atoms with Crippen LogP contribution >= 0.6 is 15.9 Å². The monoisotopic (exact) mass is 316 g/mol. The number of nitrogens with zero attached hydrogens (tertiary/aromatic N) is 1. The van der Waals surface area contributed by atoms with Crippen molar-refractivity contribution < 1.29 is 5.11 Å². The number of benzene rings is 2. The van der Waals surface area contributed by atoms with Crippen LogP contribution < -0.4 is 5.32 Å². The Bertz CT molecular complexity index is 593.